The molecule has 0 saturated carbocycles. The molecule has 0 aliphatic carbocycles. The average Bonchev–Trinajstić information content (AvgIpc) is 0.811. The molecule has 0 aromatic carbocycles. The molecule has 0 heterocycles. The Morgan fingerprint density at radius 2 is 0.889 bits per heavy atom. The Hall–Kier alpha value is 2.99. The summed E-state index contributed by atoms with van der Waals surface area (Å²) < 4.78 is 25.3. The smallest absolute Gasteiger partial charge is 0.784 e. The number of hydrogen-bond donors (Lipinski definition) is 0. The summed E-state index contributed by atoms with van der Waals surface area (Å²) in [7, 11) is 0. The maximum atomic E-state index is 8.44. The van der Waals surface area contributed by atoms with Gasteiger partial charge in [-0.3, -0.25) is 4.21 Å². The zero-order valence-corrected chi connectivity index (χ0v) is 12.4. The van der Waals surface area contributed by atoms with Crippen molar-refractivity contribution >= 4 is 11.4 Å². The van der Waals surface area contributed by atoms with Gasteiger partial charge in [-0.2, -0.15) is 0 Å². The largest absolute Gasteiger partial charge is 1.00 e. The van der Waals surface area contributed by atoms with E-state index in [1.54, 1.807) is 0 Å². The molecule has 5 nitrogen and oxygen atoms in total. The van der Waals surface area contributed by atoms with Crippen molar-refractivity contribution in [1.29, 1.82) is 0 Å². The Kier molecular flexibility index (Phi) is 137. The fourth-order valence-electron chi connectivity index (χ4n) is 0. The van der Waals surface area contributed by atoms with Gasteiger partial charge in [0.2, 0.25) is 0 Å². The predicted molar refractivity (Wildman–Crippen MR) is 16.9 cm³/mol. The molecular formula is H4Na3O5S+. The van der Waals surface area contributed by atoms with Crippen molar-refractivity contribution in [3.63, 3.8) is 0 Å². The quantitative estimate of drug-likeness (QED) is 0.274. The van der Waals surface area contributed by atoms with E-state index in [9.17, 15) is 0 Å². The van der Waals surface area contributed by atoms with Crippen molar-refractivity contribution in [3.05, 3.63) is 0 Å². The van der Waals surface area contributed by atoms with E-state index in [0.29, 0.717) is 0 Å². The van der Waals surface area contributed by atoms with Gasteiger partial charge < -0.3 is 20.1 Å². The third kappa shape index (κ3) is 99.4. The van der Waals surface area contributed by atoms with Gasteiger partial charge in [0.05, 0.1) is 0 Å². The van der Waals surface area contributed by atoms with E-state index >= 15 is 0 Å². The maximum Gasteiger partial charge on any atom is 1.00 e. The van der Waals surface area contributed by atoms with Crippen LogP contribution in [0.4, 0.5) is 0 Å². The molecule has 9 heteroatoms. The molecule has 0 amide bonds. The van der Waals surface area contributed by atoms with E-state index in [-0.39, 0.29) is 99.6 Å². The first-order valence-electron chi connectivity index (χ1n) is 0.500. The first-order chi connectivity index (χ1) is 1.73. The van der Waals surface area contributed by atoms with Gasteiger partial charge in [-0.15, -0.1) is 11.4 Å². The Balaban J connectivity index is -0.00000000450. The van der Waals surface area contributed by atoms with Crippen LogP contribution in [0.5, 0.6) is 0 Å². The summed E-state index contributed by atoms with van der Waals surface area (Å²) in [6, 6.07) is 0. The molecule has 0 radical (unpaired) electrons. The van der Waals surface area contributed by atoms with Crippen LogP contribution in [0.2, 0.25) is 0 Å². The number of rotatable bonds is 0. The number of hydrogen-bond acceptors (Lipinski definition) is 3. The minimum absolute atomic E-state index is 0. The molecule has 4 N–H and O–H groups in total. The van der Waals surface area contributed by atoms with Gasteiger partial charge in [0, 0.05) is 0 Å². The van der Waals surface area contributed by atoms with Crippen LogP contribution >= 0.6 is 0 Å². The Labute approximate surface area is 122 Å². The van der Waals surface area contributed by atoms with E-state index < -0.39 is 11.4 Å². The molecule has 0 aliphatic heterocycles. The summed E-state index contributed by atoms with van der Waals surface area (Å²) >= 11 is -3.11. The molecule has 0 aromatic rings. The van der Waals surface area contributed by atoms with Crippen molar-refractivity contribution in [2.75, 3.05) is 0 Å². The van der Waals surface area contributed by atoms with Crippen molar-refractivity contribution in [2.24, 2.45) is 0 Å². The molecule has 0 fully saturated rings. The Morgan fingerprint density at radius 3 is 0.889 bits per heavy atom. The third-order valence-corrected chi connectivity index (χ3v) is 0. The van der Waals surface area contributed by atoms with Crippen LogP contribution in [-0.4, -0.2) is 24.3 Å². The fourth-order valence-corrected chi connectivity index (χ4v) is 0. The summed E-state index contributed by atoms with van der Waals surface area (Å²) in [4.78, 5) is 0. The Bertz CT molecular complexity index is 35.2. The van der Waals surface area contributed by atoms with Gasteiger partial charge in [0.15, 0.2) is 0 Å². The second kappa shape index (κ2) is 30.6. The molecule has 0 saturated heterocycles. The van der Waals surface area contributed by atoms with Crippen LogP contribution in [0.15, 0.2) is 0 Å². The first-order valence-corrected chi connectivity index (χ1v) is 1.50. The van der Waals surface area contributed by atoms with E-state index in [4.69, 9.17) is 13.3 Å². The first kappa shape index (κ1) is 40.4. The van der Waals surface area contributed by atoms with Gasteiger partial charge in [-0.1, -0.05) is 0 Å². The molecule has 0 atom stereocenters. The van der Waals surface area contributed by atoms with Crippen LogP contribution in [0.3, 0.4) is 0 Å². The monoisotopic (exact) mass is 185 g/mol. The molecule has 9 heavy (non-hydrogen) atoms. The second-order valence-corrected chi connectivity index (χ2v) is 0.612. The second-order valence-electron chi connectivity index (χ2n) is 0.204. The normalized spacial score (nSPS) is 3.89. The van der Waals surface area contributed by atoms with Crippen LogP contribution in [0.25, 0.3) is 0 Å². The SMILES string of the molecule is O.O.O=S([O-])[O-].[Na+].[Na+].[Na+]. The van der Waals surface area contributed by atoms with E-state index in [1.807, 2.05) is 0 Å². The molecule has 0 spiro atoms. The molecule has 0 unspecified atom stereocenters. The van der Waals surface area contributed by atoms with E-state index in [2.05, 4.69) is 0 Å². The average molecular weight is 185 g/mol. The zero-order chi connectivity index (χ0) is 3.58. The van der Waals surface area contributed by atoms with E-state index in [0.717, 1.165) is 0 Å². The topological polar surface area (TPSA) is 126 Å². The molecule has 0 aliphatic rings. The Morgan fingerprint density at radius 1 is 0.889 bits per heavy atom. The molecule has 42 valence electrons. The standard InChI is InChI=1S/3Na.H2O3S.2H2O/c;;;1-4(2)3;;/h;;;(H2,1,2,3);2*1H2/q3*+1;;;/p-2. The summed E-state index contributed by atoms with van der Waals surface area (Å²) in [5.41, 5.74) is 0. The molecular weight excluding hydrogens is 181 g/mol. The van der Waals surface area contributed by atoms with Crippen LogP contribution in [-0.2, 0) is 11.4 Å². The van der Waals surface area contributed by atoms with Crippen LogP contribution < -0.4 is 88.7 Å². The summed E-state index contributed by atoms with van der Waals surface area (Å²) in [5.74, 6) is 0. The van der Waals surface area contributed by atoms with Gasteiger partial charge >= 0.3 is 88.7 Å². The molecule has 0 bridgehead atoms. The van der Waals surface area contributed by atoms with Gasteiger partial charge in [-0.25, -0.2) is 0 Å². The van der Waals surface area contributed by atoms with Crippen molar-refractivity contribution < 1.29 is 113 Å². The zero-order valence-electron chi connectivity index (χ0n) is 5.63. The fraction of sp³-hybridized carbons (Fsp3) is 0. The maximum absolute atomic E-state index is 8.44. The van der Waals surface area contributed by atoms with Crippen molar-refractivity contribution in [1.82, 2.24) is 0 Å². The summed E-state index contributed by atoms with van der Waals surface area (Å²) in [6.45, 7) is 0. The van der Waals surface area contributed by atoms with Crippen molar-refractivity contribution in [3.8, 4) is 0 Å². The molecule has 0 aromatic heterocycles. The van der Waals surface area contributed by atoms with Crippen LogP contribution in [0.1, 0.15) is 0 Å². The van der Waals surface area contributed by atoms with E-state index in [1.165, 1.54) is 0 Å². The predicted octanol–water partition coefficient (Wildman–Crippen LogP) is -11.6. The molecule has 0 rings (SSSR count). The van der Waals surface area contributed by atoms with Crippen LogP contribution in [0, 0.1) is 0 Å². The van der Waals surface area contributed by atoms with Gasteiger partial charge in [-0.05, 0) is 0 Å². The van der Waals surface area contributed by atoms with Crippen molar-refractivity contribution in [2.45, 2.75) is 0 Å². The summed E-state index contributed by atoms with van der Waals surface area (Å²) in [6.07, 6.45) is 0. The van der Waals surface area contributed by atoms with Gasteiger partial charge in [0.1, 0.15) is 0 Å². The van der Waals surface area contributed by atoms with Gasteiger partial charge in [0.25, 0.3) is 0 Å². The minimum atomic E-state index is -3.11. The third-order valence-electron chi connectivity index (χ3n) is 0. The summed E-state index contributed by atoms with van der Waals surface area (Å²) in [5, 5.41) is 0. The minimum Gasteiger partial charge on any atom is -0.784 e.